The van der Waals surface area contributed by atoms with Gasteiger partial charge in [0, 0.05) is 10.0 Å². The molecule has 2 rings (SSSR count). The molecule has 0 saturated heterocycles. The summed E-state index contributed by atoms with van der Waals surface area (Å²) in [5.74, 6) is -0.690. The first-order valence-corrected chi connectivity index (χ1v) is 7.76. The molecule has 1 atom stereocenters. The highest BCUT2D eigenvalue weighted by molar-refractivity contribution is 9.10. The smallest absolute Gasteiger partial charge is 0.339 e. The van der Waals surface area contributed by atoms with Gasteiger partial charge in [0.1, 0.15) is 0 Å². The number of hydrogen-bond acceptors (Lipinski definition) is 3. The van der Waals surface area contributed by atoms with Crippen molar-refractivity contribution in [3.63, 3.8) is 0 Å². The molecule has 114 valence electrons. The van der Waals surface area contributed by atoms with Crippen LogP contribution in [0.2, 0.25) is 0 Å². The molecule has 2 aromatic rings. The molecule has 0 amide bonds. The molecule has 0 aliphatic carbocycles. The van der Waals surface area contributed by atoms with Crippen LogP contribution in [0.15, 0.2) is 46.9 Å². The van der Waals surface area contributed by atoms with E-state index >= 15 is 0 Å². The number of rotatable bonds is 4. The summed E-state index contributed by atoms with van der Waals surface area (Å²) >= 11 is 3.32. The van der Waals surface area contributed by atoms with Crippen LogP contribution in [0.4, 0.5) is 0 Å². The quantitative estimate of drug-likeness (QED) is 0.595. The van der Waals surface area contributed by atoms with Crippen LogP contribution >= 0.6 is 15.9 Å². The van der Waals surface area contributed by atoms with Crippen molar-refractivity contribution in [2.45, 2.75) is 26.9 Å². The standard InChI is InChI=1S/C18H17BrO3/c1-11-5-4-6-16(12(11)2)18(21)22-13(3)17(20)14-7-9-15(19)10-8-14/h4-10,13H,1-3H3/t13-/m1/s1. The summed E-state index contributed by atoms with van der Waals surface area (Å²) in [4.78, 5) is 24.5. The van der Waals surface area contributed by atoms with E-state index in [4.69, 9.17) is 4.74 Å². The Balaban J connectivity index is 2.12. The van der Waals surface area contributed by atoms with Gasteiger partial charge in [0.15, 0.2) is 6.10 Å². The summed E-state index contributed by atoms with van der Waals surface area (Å²) in [6, 6.07) is 12.4. The average molecular weight is 361 g/mol. The number of ether oxygens (including phenoxy) is 1. The summed E-state index contributed by atoms with van der Waals surface area (Å²) in [6.07, 6.45) is -0.825. The number of ketones is 1. The lowest BCUT2D eigenvalue weighted by molar-refractivity contribution is 0.0318. The average Bonchev–Trinajstić information content (AvgIpc) is 2.50. The van der Waals surface area contributed by atoms with Crippen LogP contribution in [0.1, 0.15) is 38.8 Å². The predicted octanol–water partition coefficient (Wildman–Crippen LogP) is 4.49. The molecular weight excluding hydrogens is 344 g/mol. The molecule has 0 fully saturated rings. The zero-order valence-electron chi connectivity index (χ0n) is 12.7. The van der Waals surface area contributed by atoms with Gasteiger partial charge in [-0.25, -0.2) is 4.79 Å². The maximum absolute atomic E-state index is 12.3. The molecule has 0 aromatic heterocycles. The zero-order valence-corrected chi connectivity index (χ0v) is 14.3. The van der Waals surface area contributed by atoms with Gasteiger partial charge in [0.2, 0.25) is 5.78 Å². The highest BCUT2D eigenvalue weighted by Gasteiger charge is 2.21. The van der Waals surface area contributed by atoms with Gasteiger partial charge < -0.3 is 4.74 Å². The Labute approximate surface area is 138 Å². The number of esters is 1. The van der Waals surface area contributed by atoms with E-state index in [0.717, 1.165) is 15.6 Å². The minimum atomic E-state index is -0.825. The fourth-order valence-electron chi connectivity index (χ4n) is 2.10. The van der Waals surface area contributed by atoms with Crippen LogP contribution < -0.4 is 0 Å². The third-order valence-corrected chi connectivity index (χ3v) is 4.13. The van der Waals surface area contributed by atoms with E-state index in [0.29, 0.717) is 11.1 Å². The summed E-state index contributed by atoms with van der Waals surface area (Å²) in [5.41, 5.74) is 2.90. The Morgan fingerprint density at radius 3 is 2.32 bits per heavy atom. The highest BCUT2D eigenvalue weighted by Crippen LogP contribution is 2.17. The lowest BCUT2D eigenvalue weighted by Crippen LogP contribution is -2.24. The van der Waals surface area contributed by atoms with Crippen LogP contribution in [0.25, 0.3) is 0 Å². The molecule has 22 heavy (non-hydrogen) atoms. The Bertz CT molecular complexity index is 705. The minimum absolute atomic E-state index is 0.217. The predicted molar refractivity (Wildman–Crippen MR) is 89.3 cm³/mol. The van der Waals surface area contributed by atoms with Gasteiger partial charge in [0.25, 0.3) is 0 Å². The first-order valence-electron chi connectivity index (χ1n) is 6.97. The lowest BCUT2D eigenvalue weighted by Gasteiger charge is -2.14. The molecule has 0 spiro atoms. The Morgan fingerprint density at radius 2 is 1.68 bits per heavy atom. The number of hydrogen-bond donors (Lipinski definition) is 0. The number of carbonyl (C=O) groups is 2. The second-order valence-corrected chi connectivity index (χ2v) is 6.08. The third kappa shape index (κ3) is 3.63. The van der Waals surface area contributed by atoms with Crippen molar-refractivity contribution in [3.05, 3.63) is 69.2 Å². The Morgan fingerprint density at radius 1 is 1.05 bits per heavy atom. The van der Waals surface area contributed by atoms with Crippen LogP contribution in [0.3, 0.4) is 0 Å². The van der Waals surface area contributed by atoms with Crippen molar-refractivity contribution in [2.24, 2.45) is 0 Å². The van der Waals surface area contributed by atoms with Crippen molar-refractivity contribution in [1.29, 1.82) is 0 Å². The van der Waals surface area contributed by atoms with Crippen LogP contribution in [0, 0.1) is 13.8 Å². The largest absolute Gasteiger partial charge is 0.451 e. The SMILES string of the molecule is Cc1cccc(C(=O)O[C@H](C)C(=O)c2ccc(Br)cc2)c1C. The number of carbonyl (C=O) groups excluding carboxylic acids is 2. The fraction of sp³-hybridized carbons (Fsp3) is 0.222. The van der Waals surface area contributed by atoms with E-state index in [1.807, 2.05) is 19.9 Å². The van der Waals surface area contributed by atoms with Gasteiger partial charge in [-0.1, -0.05) is 40.2 Å². The van der Waals surface area contributed by atoms with E-state index < -0.39 is 12.1 Å². The molecule has 0 radical (unpaired) electrons. The number of Topliss-reactive ketones (excluding diaryl/α,β-unsaturated/α-hetero) is 1. The zero-order chi connectivity index (χ0) is 16.3. The van der Waals surface area contributed by atoms with E-state index in [1.165, 1.54) is 0 Å². The van der Waals surface area contributed by atoms with Gasteiger partial charge in [-0.15, -0.1) is 0 Å². The van der Waals surface area contributed by atoms with Crippen LogP contribution in [-0.2, 0) is 4.74 Å². The fourth-order valence-corrected chi connectivity index (χ4v) is 2.36. The molecule has 0 aliphatic rings. The minimum Gasteiger partial charge on any atom is -0.451 e. The van der Waals surface area contributed by atoms with Gasteiger partial charge in [-0.3, -0.25) is 4.79 Å². The number of aryl methyl sites for hydroxylation is 1. The van der Waals surface area contributed by atoms with Crippen molar-refractivity contribution >= 4 is 27.7 Å². The topological polar surface area (TPSA) is 43.4 Å². The van der Waals surface area contributed by atoms with Crippen molar-refractivity contribution in [3.8, 4) is 0 Å². The second kappa shape index (κ2) is 6.88. The molecule has 0 aliphatic heterocycles. The normalized spacial score (nSPS) is 11.8. The third-order valence-electron chi connectivity index (χ3n) is 3.61. The summed E-state index contributed by atoms with van der Waals surface area (Å²) in [5, 5.41) is 0. The molecule has 0 heterocycles. The first kappa shape index (κ1) is 16.4. The van der Waals surface area contributed by atoms with Crippen molar-refractivity contribution < 1.29 is 14.3 Å². The monoisotopic (exact) mass is 360 g/mol. The van der Waals surface area contributed by atoms with Crippen LogP contribution in [0.5, 0.6) is 0 Å². The molecular formula is C18H17BrO3. The molecule has 4 heteroatoms. The summed E-state index contributed by atoms with van der Waals surface area (Å²) in [6.45, 7) is 5.39. The lowest BCUT2D eigenvalue weighted by atomic mass is 10.0. The molecule has 0 saturated carbocycles. The van der Waals surface area contributed by atoms with Crippen molar-refractivity contribution in [1.82, 2.24) is 0 Å². The molecule has 0 N–H and O–H groups in total. The van der Waals surface area contributed by atoms with E-state index in [2.05, 4.69) is 15.9 Å². The molecule has 3 nitrogen and oxygen atoms in total. The molecule has 0 bridgehead atoms. The summed E-state index contributed by atoms with van der Waals surface area (Å²) < 4.78 is 6.21. The molecule has 2 aromatic carbocycles. The number of halogens is 1. The van der Waals surface area contributed by atoms with Gasteiger partial charge in [-0.2, -0.15) is 0 Å². The maximum atomic E-state index is 12.3. The van der Waals surface area contributed by atoms with E-state index in [-0.39, 0.29) is 5.78 Å². The number of benzene rings is 2. The maximum Gasteiger partial charge on any atom is 0.339 e. The van der Waals surface area contributed by atoms with Crippen LogP contribution in [-0.4, -0.2) is 17.9 Å². The van der Waals surface area contributed by atoms with Gasteiger partial charge >= 0.3 is 5.97 Å². The van der Waals surface area contributed by atoms with Gasteiger partial charge in [-0.05, 0) is 50.1 Å². The summed E-state index contributed by atoms with van der Waals surface area (Å²) in [7, 11) is 0. The highest BCUT2D eigenvalue weighted by atomic mass is 79.9. The van der Waals surface area contributed by atoms with E-state index in [9.17, 15) is 9.59 Å². The Kier molecular flexibility index (Phi) is 5.14. The molecule has 0 unspecified atom stereocenters. The first-order chi connectivity index (χ1) is 10.4. The Hall–Kier alpha value is -1.94. The van der Waals surface area contributed by atoms with E-state index in [1.54, 1.807) is 43.3 Å². The van der Waals surface area contributed by atoms with Gasteiger partial charge in [0.05, 0.1) is 5.56 Å². The van der Waals surface area contributed by atoms with Crippen molar-refractivity contribution in [2.75, 3.05) is 0 Å². The second-order valence-electron chi connectivity index (χ2n) is 5.17.